The summed E-state index contributed by atoms with van der Waals surface area (Å²) in [5.74, 6) is -1.91. The predicted molar refractivity (Wildman–Crippen MR) is 83.0 cm³/mol. The normalized spacial score (nSPS) is 29.0. The van der Waals surface area contributed by atoms with Gasteiger partial charge in [-0.1, -0.05) is 19.8 Å². The van der Waals surface area contributed by atoms with Gasteiger partial charge in [0.1, 0.15) is 12.6 Å². The molecule has 0 aromatic rings. The van der Waals surface area contributed by atoms with Crippen LogP contribution in [0.15, 0.2) is 0 Å². The first-order valence-electron chi connectivity index (χ1n) is 8.45. The number of likely N-dealkylation sites (tertiary alicyclic amines) is 1. The summed E-state index contributed by atoms with van der Waals surface area (Å²) in [4.78, 5) is 36.7. The summed E-state index contributed by atoms with van der Waals surface area (Å²) < 4.78 is 0. The second-order valence-electron chi connectivity index (χ2n) is 6.59. The van der Waals surface area contributed by atoms with E-state index in [1.165, 1.54) is 4.90 Å². The van der Waals surface area contributed by atoms with Crippen LogP contribution < -0.4 is 5.32 Å². The zero-order chi connectivity index (χ0) is 17.0. The molecule has 4 atom stereocenters. The number of amides is 1. The topological polar surface area (TPSA) is 107 Å². The van der Waals surface area contributed by atoms with Gasteiger partial charge in [0.05, 0.1) is 6.04 Å². The van der Waals surface area contributed by atoms with Gasteiger partial charge in [0.2, 0.25) is 5.91 Å². The lowest BCUT2D eigenvalue weighted by atomic mass is 9.97. The Balaban J connectivity index is 2.15. The zero-order valence-electron chi connectivity index (χ0n) is 13.5. The first kappa shape index (κ1) is 17.7. The lowest BCUT2D eigenvalue weighted by Gasteiger charge is -2.31. The summed E-state index contributed by atoms with van der Waals surface area (Å²) in [6.07, 6.45) is 5.43. The number of carbonyl (C=O) groups excluding carboxylic acids is 1. The van der Waals surface area contributed by atoms with E-state index in [0.717, 1.165) is 25.7 Å². The molecule has 2 fully saturated rings. The molecule has 23 heavy (non-hydrogen) atoms. The second-order valence-corrected chi connectivity index (χ2v) is 6.59. The van der Waals surface area contributed by atoms with Crippen LogP contribution in [0.4, 0.5) is 0 Å². The molecule has 1 heterocycles. The number of fused-ring (bicyclic) bond motifs is 1. The average molecular weight is 326 g/mol. The molecule has 7 heteroatoms. The Labute approximate surface area is 136 Å². The van der Waals surface area contributed by atoms with Crippen molar-refractivity contribution in [1.29, 1.82) is 0 Å². The van der Waals surface area contributed by atoms with E-state index in [1.54, 1.807) is 0 Å². The molecule has 2 unspecified atom stereocenters. The molecule has 1 amide bonds. The average Bonchev–Trinajstić information content (AvgIpc) is 2.91. The minimum Gasteiger partial charge on any atom is -0.480 e. The Morgan fingerprint density at radius 2 is 2.00 bits per heavy atom. The number of carboxylic acid groups (broad SMARTS) is 2. The molecule has 1 saturated carbocycles. The van der Waals surface area contributed by atoms with Crippen LogP contribution in [0.5, 0.6) is 0 Å². The van der Waals surface area contributed by atoms with Crippen LogP contribution >= 0.6 is 0 Å². The SMILES string of the molecule is CCC[C@H](N[C@H]1CCC2CCCC2N(CC(=O)O)C1=O)C(=O)O. The molecule has 0 radical (unpaired) electrons. The van der Waals surface area contributed by atoms with E-state index < -0.39 is 24.0 Å². The number of rotatable bonds is 7. The second kappa shape index (κ2) is 7.77. The van der Waals surface area contributed by atoms with E-state index in [2.05, 4.69) is 5.32 Å². The van der Waals surface area contributed by atoms with E-state index in [0.29, 0.717) is 25.2 Å². The molecule has 1 saturated heterocycles. The molecule has 2 rings (SSSR count). The van der Waals surface area contributed by atoms with E-state index in [-0.39, 0.29) is 18.5 Å². The Bertz CT molecular complexity index is 467. The quantitative estimate of drug-likeness (QED) is 0.646. The smallest absolute Gasteiger partial charge is 0.323 e. The van der Waals surface area contributed by atoms with Gasteiger partial charge in [-0.15, -0.1) is 0 Å². The summed E-state index contributed by atoms with van der Waals surface area (Å²) in [6, 6.07) is -1.38. The molecule has 130 valence electrons. The highest BCUT2D eigenvalue weighted by Crippen LogP contribution is 2.36. The fraction of sp³-hybridized carbons (Fsp3) is 0.812. The number of carbonyl (C=O) groups is 3. The number of hydrogen-bond donors (Lipinski definition) is 3. The van der Waals surface area contributed by atoms with Gasteiger partial charge in [-0.3, -0.25) is 19.7 Å². The number of aliphatic carboxylic acids is 2. The van der Waals surface area contributed by atoms with Gasteiger partial charge < -0.3 is 15.1 Å². The Kier molecular flexibility index (Phi) is 5.98. The first-order chi connectivity index (χ1) is 10.9. The first-order valence-corrected chi connectivity index (χ1v) is 8.45. The van der Waals surface area contributed by atoms with Crippen molar-refractivity contribution in [3.8, 4) is 0 Å². The lowest BCUT2D eigenvalue weighted by molar-refractivity contribution is -0.148. The third-order valence-electron chi connectivity index (χ3n) is 5.01. The van der Waals surface area contributed by atoms with Gasteiger partial charge in [0.15, 0.2) is 0 Å². The van der Waals surface area contributed by atoms with Gasteiger partial charge in [-0.05, 0) is 38.0 Å². The zero-order valence-corrected chi connectivity index (χ0v) is 13.5. The van der Waals surface area contributed by atoms with Crippen LogP contribution in [0.3, 0.4) is 0 Å². The maximum absolute atomic E-state index is 12.8. The molecule has 1 aliphatic carbocycles. The Hall–Kier alpha value is -1.63. The van der Waals surface area contributed by atoms with Crippen LogP contribution in [0, 0.1) is 5.92 Å². The van der Waals surface area contributed by atoms with Gasteiger partial charge in [-0.2, -0.15) is 0 Å². The predicted octanol–water partition coefficient (Wildman–Crippen LogP) is 1.07. The number of carboxylic acids is 2. The van der Waals surface area contributed by atoms with Crippen molar-refractivity contribution >= 4 is 17.8 Å². The molecule has 0 aromatic carbocycles. The van der Waals surface area contributed by atoms with Crippen molar-refractivity contribution in [2.45, 2.75) is 70.0 Å². The molecule has 1 aliphatic heterocycles. The third kappa shape index (κ3) is 4.22. The monoisotopic (exact) mass is 326 g/mol. The number of nitrogens with zero attached hydrogens (tertiary/aromatic N) is 1. The van der Waals surface area contributed by atoms with Crippen LogP contribution in [0.25, 0.3) is 0 Å². The fourth-order valence-electron chi connectivity index (χ4n) is 3.94. The van der Waals surface area contributed by atoms with Crippen LogP contribution in [-0.2, 0) is 14.4 Å². The number of nitrogens with one attached hydrogen (secondary N) is 1. The summed E-state index contributed by atoms with van der Waals surface area (Å²) in [5.41, 5.74) is 0. The summed E-state index contributed by atoms with van der Waals surface area (Å²) in [7, 11) is 0. The van der Waals surface area contributed by atoms with Crippen LogP contribution in [0.2, 0.25) is 0 Å². The van der Waals surface area contributed by atoms with Gasteiger partial charge >= 0.3 is 11.9 Å². The fourth-order valence-corrected chi connectivity index (χ4v) is 3.94. The van der Waals surface area contributed by atoms with Crippen LogP contribution in [-0.4, -0.2) is 57.6 Å². The van der Waals surface area contributed by atoms with E-state index >= 15 is 0 Å². The van der Waals surface area contributed by atoms with Crippen molar-refractivity contribution in [3.63, 3.8) is 0 Å². The summed E-state index contributed by atoms with van der Waals surface area (Å²) >= 11 is 0. The molecule has 3 N–H and O–H groups in total. The number of hydrogen-bond acceptors (Lipinski definition) is 4. The molecule has 0 spiro atoms. The highest BCUT2D eigenvalue weighted by atomic mass is 16.4. The van der Waals surface area contributed by atoms with Crippen molar-refractivity contribution < 1.29 is 24.6 Å². The minimum atomic E-state index is -1.02. The lowest BCUT2D eigenvalue weighted by Crippen LogP contribution is -2.54. The van der Waals surface area contributed by atoms with Crippen LogP contribution in [0.1, 0.15) is 51.9 Å². The maximum atomic E-state index is 12.8. The minimum absolute atomic E-state index is 0.0140. The largest absolute Gasteiger partial charge is 0.480 e. The highest BCUT2D eigenvalue weighted by molar-refractivity contribution is 5.86. The van der Waals surface area contributed by atoms with Crippen molar-refractivity contribution in [1.82, 2.24) is 10.2 Å². The standard InChI is InChI=1S/C16H26N2O5/c1-2-4-12(16(22)23)17-11-8-7-10-5-3-6-13(10)18(15(11)21)9-14(19)20/h10-13,17H,2-9H2,1H3,(H,19,20)(H,22,23)/t10?,11-,12-,13?/m0/s1. The van der Waals surface area contributed by atoms with Crippen molar-refractivity contribution in [2.24, 2.45) is 5.92 Å². The maximum Gasteiger partial charge on any atom is 0.323 e. The summed E-state index contributed by atoms with van der Waals surface area (Å²) in [5, 5.41) is 21.4. The van der Waals surface area contributed by atoms with Gasteiger partial charge in [-0.25, -0.2) is 0 Å². The molecule has 7 nitrogen and oxygen atoms in total. The molecule has 2 aliphatic rings. The van der Waals surface area contributed by atoms with Gasteiger partial charge in [0.25, 0.3) is 0 Å². The summed E-state index contributed by atoms with van der Waals surface area (Å²) in [6.45, 7) is 1.59. The van der Waals surface area contributed by atoms with Crippen molar-refractivity contribution in [2.75, 3.05) is 6.54 Å². The van der Waals surface area contributed by atoms with E-state index in [9.17, 15) is 19.5 Å². The Morgan fingerprint density at radius 1 is 1.26 bits per heavy atom. The van der Waals surface area contributed by atoms with Gasteiger partial charge in [0, 0.05) is 6.04 Å². The Morgan fingerprint density at radius 3 is 2.61 bits per heavy atom. The molecule has 0 bridgehead atoms. The molecular formula is C16H26N2O5. The van der Waals surface area contributed by atoms with E-state index in [4.69, 9.17) is 5.11 Å². The van der Waals surface area contributed by atoms with Crippen molar-refractivity contribution in [3.05, 3.63) is 0 Å². The van der Waals surface area contributed by atoms with E-state index in [1.807, 2.05) is 6.92 Å². The third-order valence-corrected chi connectivity index (χ3v) is 5.01. The molecule has 0 aromatic heterocycles. The molecular weight excluding hydrogens is 300 g/mol. The highest BCUT2D eigenvalue weighted by Gasteiger charge is 2.42.